The summed E-state index contributed by atoms with van der Waals surface area (Å²) in [5, 5.41) is 6.75. The molecule has 3 aliphatic rings. The molecular formula is C11H18N2O. The number of amides is 1. The number of rotatable bonds is 2. The lowest BCUT2D eigenvalue weighted by atomic mass is 9.95. The topological polar surface area (TPSA) is 41.1 Å². The maximum atomic E-state index is 11.8. The smallest absolute Gasteiger partial charge is 0.226 e. The average Bonchev–Trinajstić information content (AvgIpc) is 2.63. The van der Waals surface area contributed by atoms with Crippen LogP contribution in [0.4, 0.5) is 0 Å². The highest BCUT2D eigenvalue weighted by Gasteiger charge is 2.47. The fourth-order valence-electron chi connectivity index (χ4n) is 2.74. The minimum Gasteiger partial charge on any atom is -0.351 e. The highest BCUT2D eigenvalue weighted by molar-refractivity contribution is 5.85. The van der Waals surface area contributed by atoms with Gasteiger partial charge in [-0.1, -0.05) is 6.92 Å². The molecule has 1 saturated carbocycles. The Labute approximate surface area is 84.6 Å². The van der Waals surface area contributed by atoms with Crippen LogP contribution in [0.5, 0.6) is 0 Å². The van der Waals surface area contributed by atoms with E-state index in [1.165, 1.54) is 12.8 Å². The number of carbonyl (C=O) groups is 1. The minimum absolute atomic E-state index is 0.0121. The Hall–Kier alpha value is -0.570. The van der Waals surface area contributed by atoms with Crippen LogP contribution in [0.15, 0.2) is 0 Å². The molecule has 2 bridgehead atoms. The van der Waals surface area contributed by atoms with Gasteiger partial charge in [-0.3, -0.25) is 4.79 Å². The van der Waals surface area contributed by atoms with Gasteiger partial charge in [-0.2, -0.15) is 0 Å². The van der Waals surface area contributed by atoms with E-state index in [4.69, 9.17) is 0 Å². The summed E-state index contributed by atoms with van der Waals surface area (Å²) < 4.78 is 0. The normalized spacial score (nSPS) is 42.5. The highest BCUT2D eigenvalue weighted by Crippen LogP contribution is 2.45. The Kier molecular flexibility index (Phi) is 1.69. The Bertz CT molecular complexity index is 272. The van der Waals surface area contributed by atoms with E-state index in [-0.39, 0.29) is 11.3 Å². The Morgan fingerprint density at radius 2 is 2.21 bits per heavy atom. The first-order chi connectivity index (χ1) is 6.67. The van der Waals surface area contributed by atoms with Gasteiger partial charge in [0, 0.05) is 23.5 Å². The summed E-state index contributed by atoms with van der Waals surface area (Å²) in [6.45, 7) is 2.07. The molecule has 0 radical (unpaired) electrons. The SMILES string of the molecule is CC1(C(=O)NC2CC3CCC2N3)CC1. The van der Waals surface area contributed by atoms with Gasteiger partial charge < -0.3 is 10.6 Å². The van der Waals surface area contributed by atoms with Crippen molar-refractivity contribution < 1.29 is 4.79 Å². The highest BCUT2D eigenvalue weighted by atomic mass is 16.2. The van der Waals surface area contributed by atoms with E-state index in [9.17, 15) is 4.79 Å². The monoisotopic (exact) mass is 194 g/mol. The molecule has 3 rings (SSSR count). The van der Waals surface area contributed by atoms with Gasteiger partial charge in [-0.15, -0.1) is 0 Å². The molecule has 3 atom stereocenters. The number of carbonyl (C=O) groups excluding carboxylic acids is 1. The molecule has 0 aromatic carbocycles. The van der Waals surface area contributed by atoms with Crippen LogP contribution >= 0.6 is 0 Å². The molecule has 3 heteroatoms. The molecule has 3 unspecified atom stereocenters. The molecule has 2 aliphatic heterocycles. The van der Waals surface area contributed by atoms with Crippen LogP contribution < -0.4 is 10.6 Å². The van der Waals surface area contributed by atoms with Gasteiger partial charge in [-0.05, 0) is 32.1 Å². The van der Waals surface area contributed by atoms with E-state index >= 15 is 0 Å². The summed E-state index contributed by atoms with van der Waals surface area (Å²) in [6, 6.07) is 1.65. The van der Waals surface area contributed by atoms with Crippen molar-refractivity contribution in [2.24, 2.45) is 5.41 Å². The second-order valence-electron chi connectivity index (χ2n) is 5.42. The lowest BCUT2D eigenvalue weighted by Gasteiger charge is -2.23. The van der Waals surface area contributed by atoms with Gasteiger partial charge in [-0.25, -0.2) is 0 Å². The van der Waals surface area contributed by atoms with Gasteiger partial charge in [0.05, 0.1) is 0 Å². The summed E-state index contributed by atoms with van der Waals surface area (Å²) in [6.07, 6.45) is 5.84. The molecule has 0 spiro atoms. The molecule has 1 amide bonds. The second-order valence-corrected chi connectivity index (χ2v) is 5.42. The van der Waals surface area contributed by atoms with E-state index < -0.39 is 0 Å². The Balaban J connectivity index is 1.60. The zero-order valence-electron chi connectivity index (χ0n) is 8.68. The zero-order chi connectivity index (χ0) is 9.76. The summed E-state index contributed by atoms with van der Waals surface area (Å²) in [7, 11) is 0. The van der Waals surface area contributed by atoms with E-state index in [2.05, 4.69) is 17.6 Å². The number of hydrogen-bond acceptors (Lipinski definition) is 2. The number of hydrogen-bond donors (Lipinski definition) is 2. The maximum Gasteiger partial charge on any atom is 0.226 e. The number of nitrogens with one attached hydrogen (secondary N) is 2. The quantitative estimate of drug-likeness (QED) is 0.682. The molecular weight excluding hydrogens is 176 g/mol. The molecule has 78 valence electrons. The van der Waals surface area contributed by atoms with Crippen LogP contribution in [0, 0.1) is 5.41 Å². The van der Waals surface area contributed by atoms with Crippen molar-refractivity contribution in [3.8, 4) is 0 Å². The summed E-state index contributed by atoms with van der Waals surface area (Å²) in [5.74, 6) is 0.289. The van der Waals surface area contributed by atoms with Gasteiger partial charge in [0.1, 0.15) is 0 Å². The third kappa shape index (κ3) is 1.26. The van der Waals surface area contributed by atoms with Gasteiger partial charge in [0.25, 0.3) is 0 Å². The molecule has 0 aromatic rings. The fourth-order valence-corrected chi connectivity index (χ4v) is 2.74. The van der Waals surface area contributed by atoms with Crippen LogP contribution in [0.1, 0.15) is 39.0 Å². The van der Waals surface area contributed by atoms with Crippen LogP contribution in [0.2, 0.25) is 0 Å². The third-order valence-electron chi connectivity index (χ3n) is 4.16. The van der Waals surface area contributed by atoms with Gasteiger partial charge >= 0.3 is 0 Å². The predicted molar refractivity (Wildman–Crippen MR) is 53.8 cm³/mol. The maximum absolute atomic E-state index is 11.8. The first kappa shape index (κ1) is 8.72. The Morgan fingerprint density at radius 3 is 2.71 bits per heavy atom. The molecule has 1 aliphatic carbocycles. The molecule has 3 fully saturated rings. The van der Waals surface area contributed by atoms with E-state index in [0.29, 0.717) is 18.1 Å². The van der Waals surface area contributed by atoms with E-state index in [0.717, 1.165) is 19.3 Å². The molecule has 0 aromatic heterocycles. The molecule has 14 heavy (non-hydrogen) atoms. The van der Waals surface area contributed by atoms with E-state index in [1.807, 2.05) is 0 Å². The Morgan fingerprint density at radius 1 is 1.43 bits per heavy atom. The van der Waals surface area contributed by atoms with Crippen molar-refractivity contribution in [3.05, 3.63) is 0 Å². The van der Waals surface area contributed by atoms with Gasteiger partial charge in [0.2, 0.25) is 5.91 Å². The lowest BCUT2D eigenvalue weighted by Crippen LogP contribution is -2.45. The van der Waals surface area contributed by atoms with Crippen molar-refractivity contribution in [1.82, 2.24) is 10.6 Å². The largest absolute Gasteiger partial charge is 0.351 e. The summed E-state index contributed by atoms with van der Waals surface area (Å²) >= 11 is 0. The number of fused-ring (bicyclic) bond motifs is 2. The average molecular weight is 194 g/mol. The standard InChI is InChI=1S/C11H18N2O/c1-11(4-5-11)10(14)13-9-6-7-2-3-8(9)12-7/h7-9,12H,2-6H2,1H3,(H,13,14). The molecule has 3 nitrogen and oxygen atoms in total. The third-order valence-corrected chi connectivity index (χ3v) is 4.16. The molecule has 2 N–H and O–H groups in total. The fraction of sp³-hybridized carbons (Fsp3) is 0.909. The molecule has 2 heterocycles. The first-order valence-electron chi connectivity index (χ1n) is 5.74. The van der Waals surface area contributed by atoms with Crippen LogP contribution in [-0.2, 0) is 4.79 Å². The summed E-state index contributed by atoms with van der Waals surface area (Å²) in [4.78, 5) is 11.8. The summed E-state index contributed by atoms with van der Waals surface area (Å²) in [5.41, 5.74) is -0.0121. The predicted octanol–water partition coefficient (Wildman–Crippen LogP) is 0.796. The molecule has 2 saturated heterocycles. The van der Waals surface area contributed by atoms with Crippen molar-refractivity contribution in [3.63, 3.8) is 0 Å². The van der Waals surface area contributed by atoms with Crippen molar-refractivity contribution in [2.75, 3.05) is 0 Å². The van der Waals surface area contributed by atoms with Crippen molar-refractivity contribution in [1.29, 1.82) is 0 Å². The second kappa shape index (κ2) is 2.72. The van der Waals surface area contributed by atoms with Crippen molar-refractivity contribution >= 4 is 5.91 Å². The van der Waals surface area contributed by atoms with E-state index in [1.54, 1.807) is 0 Å². The van der Waals surface area contributed by atoms with Crippen LogP contribution in [0.3, 0.4) is 0 Å². The minimum atomic E-state index is -0.0121. The van der Waals surface area contributed by atoms with Gasteiger partial charge in [0.15, 0.2) is 0 Å². The first-order valence-corrected chi connectivity index (χ1v) is 5.74. The lowest BCUT2D eigenvalue weighted by molar-refractivity contribution is -0.126. The van der Waals surface area contributed by atoms with Crippen LogP contribution in [0.25, 0.3) is 0 Å². The van der Waals surface area contributed by atoms with Crippen molar-refractivity contribution in [2.45, 2.75) is 57.2 Å². The zero-order valence-corrected chi connectivity index (χ0v) is 8.68. The van der Waals surface area contributed by atoms with Crippen LogP contribution in [-0.4, -0.2) is 24.0 Å².